The van der Waals surface area contributed by atoms with Gasteiger partial charge in [-0.1, -0.05) is 11.6 Å². The highest BCUT2D eigenvalue weighted by Crippen LogP contribution is 2.33. The van der Waals surface area contributed by atoms with Crippen LogP contribution in [0.25, 0.3) is 0 Å². The molecular weight excluding hydrogens is 342 g/mol. The van der Waals surface area contributed by atoms with E-state index >= 15 is 0 Å². The molecule has 0 saturated carbocycles. The standard InChI is InChI=1S/C15H20ClNO5S/c1-3-22-15(18)12-6-4-5-9-17(12)23(19,20)14-10-11(16)7-8-13(14)21-2/h7-8,10,12H,3-6,9H2,1-2H3. The first kappa shape index (κ1) is 18.0. The SMILES string of the molecule is CCOC(=O)C1CCCCN1S(=O)(=O)c1cc(Cl)ccc1OC. The number of benzene rings is 1. The Balaban J connectivity index is 2.44. The molecule has 0 aromatic heterocycles. The Labute approximate surface area is 141 Å². The summed E-state index contributed by atoms with van der Waals surface area (Å²) in [7, 11) is -2.53. The van der Waals surface area contributed by atoms with E-state index in [0.717, 1.165) is 6.42 Å². The molecule has 1 saturated heterocycles. The maximum Gasteiger partial charge on any atom is 0.324 e. The minimum absolute atomic E-state index is 0.0382. The Hall–Kier alpha value is -1.31. The summed E-state index contributed by atoms with van der Waals surface area (Å²) in [6.45, 7) is 2.17. The van der Waals surface area contributed by atoms with E-state index in [2.05, 4.69) is 0 Å². The molecule has 1 fully saturated rings. The van der Waals surface area contributed by atoms with Gasteiger partial charge < -0.3 is 9.47 Å². The molecule has 0 radical (unpaired) electrons. The van der Waals surface area contributed by atoms with Crippen molar-refractivity contribution in [2.75, 3.05) is 20.3 Å². The lowest BCUT2D eigenvalue weighted by atomic mass is 10.1. The monoisotopic (exact) mass is 361 g/mol. The van der Waals surface area contributed by atoms with Gasteiger partial charge in [-0.05, 0) is 44.4 Å². The molecule has 1 aliphatic heterocycles. The van der Waals surface area contributed by atoms with Gasteiger partial charge in [0.05, 0.1) is 13.7 Å². The highest BCUT2D eigenvalue weighted by molar-refractivity contribution is 7.89. The predicted octanol–water partition coefficient (Wildman–Crippen LogP) is 2.45. The molecule has 0 amide bonds. The van der Waals surface area contributed by atoms with Crippen molar-refractivity contribution >= 4 is 27.6 Å². The summed E-state index contributed by atoms with van der Waals surface area (Å²) in [5.74, 6) is -0.320. The molecule has 0 aliphatic carbocycles. The van der Waals surface area contributed by atoms with E-state index in [4.69, 9.17) is 21.1 Å². The number of nitrogens with zero attached hydrogens (tertiary/aromatic N) is 1. The second kappa shape index (κ2) is 7.51. The van der Waals surface area contributed by atoms with Crippen molar-refractivity contribution in [3.8, 4) is 5.75 Å². The molecule has 128 valence electrons. The molecule has 1 heterocycles. The van der Waals surface area contributed by atoms with Crippen molar-refractivity contribution in [3.05, 3.63) is 23.2 Å². The van der Waals surface area contributed by atoms with Gasteiger partial charge in [-0.2, -0.15) is 4.31 Å². The van der Waals surface area contributed by atoms with Gasteiger partial charge in [-0.15, -0.1) is 0 Å². The number of ether oxygens (including phenoxy) is 2. The van der Waals surface area contributed by atoms with Crippen LogP contribution in [-0.4, -0.2) is 45.0 Å². The zero-order valence-electron chi connectivity index (χ0n) is 13.1. The van der Waals surface area contributed by atoms with Crippen molar-refractivity contribution in [1.82, 2.24) is 4.31 Å². The van der Waals surface area contributed by atoms with Crippen LogP contribution in [0.5, 0.6) is 5.75 Å². The molecule has 1 atom stereocenters. The van der Waals surface area contributed by atoms with Crippen LogP contribution in [0.4, 0.5) is 0 Å². The molecule has 1 aliphatic rings. The van der Waals surface area contributed by atoms with E-state index in [0.29, 0.717) is 12.8 Å². The fourth-order valence-corrected chi connectivity index (χ4v) is 4.71. The summed E-state index contributed by atoms with van der Waals surface area (Å²) in [6.07, 6.45) is 1.92. The molecule has 8 heteroatoms. The Kier molecular flexibility index (Phi) is 5.89. The van der Waals surface area contributed by atoms with Crippen molar-refractivity contribution in [1.29, 1.82) is 0 Å². The second-order valence-corrected chi connectivity index (χ2v) is 7.47. The van der Waals surface area contributed by atoms with Crippen molar-refractivity contribution in [2.45, 2.75) is 37.1 Å². The molecule has 6 nitrogen and oxygen atoms in total. The van der Waals surface area contributed by atoms with E-state index < -0.39 is 22.0 Å². The maximum atomic E-state index is 13.0. The Bertz CT molecular complexity index is 676. The van der Waals surface area contributed by atoms with Gasteiger partial charge in [0.25, 0.3) is 0 Å². The Morgan fingerprint density at radius 1 is 1.39 bits per heavy atom. The average Bonchev–Trinajstić information content (AvgIpc) is 2.55. The molecule has 23 heavy (non-hydrogen) atoms. The number of halogens is 1. The highest BCUT2D eigenvalue weighted by atomic mass is 35.5. The van der Waals surface area contributed by atoms with Gasteiger partial charge in [-0.25, -0.2) is 8.42 Å². The third-order valence-electron chi connectivity index (χ3n) is 3.72. The lowest BCUT2D eigenvalue weighted by Gasteiger charge is -2.33. The third kappa shape index (κ3) is 3.79. The molecular formula is C15H20ClNO5S. The largest absolute Gasteiger partial charge is 0.495 e. The summed E-state index contributed by atoms with van der Waals surface area (Å²) < 4.78 is 37.4. The normalized spacial score (nSPS) is 19.3. The first-order valence-electron chi connectivity index (χ1n) is 7.43. The van der Waals surface area contributed by atoms with Crippen LogP contribution in [0.15, 0.2) is 23.1 Å². The number of hydrogen-bond acceptors (Lipinski definition) is 5. The first-order chi connectivity index (χ1) is 10.9. The van der Waals surface area contributed by atoms with E-state index in [1.807, 2.05) is 0 Å². The second-order valence-electron chi connectivity index (χ2n) is 5.17. The van der Waals surface area contributed by atoms with Crippen molar-refractivity contribution in [3.63, 3.8) is 0 Å². The lowest BCUT2D eigenvalue weighted by molar-refractivity contribution is -0.148. The number of rotatable bonds is 5. The summed E-state index contributed by atoms with van der Waals surface area (Å²) in [5, 5.41) is 0.286. The van der Waals surface area contributed by atoms with Gasteiger partial charge in [-0.3, -0.25) is 4.79 Å². The number of carbonyl (C=O) groups excluding carboxylic acids is 1. The van der Waals surface area contributed by atoms with E-state index in [9.17, 15) is 13.2 Å². The Morgan fingerprint density at radius 3 is 2.78 bits per heavy atom. The number of piperidine rings is 1. The molecule has 1 aromatic carbocycles. The smallest absolute Gasteiger partial charge is 0.324 e. The molecule has 0 spiro atoms. The van der Waals surface area contributed by atoms with Crippen LogP contribution in [0.2, 0.25) is 5.02 Å². The zero-order valence-corrected chi connectivity index (χ0v) is 14.7. The van der Waals surface area contributed by atoms with Gasteiger partial charge >= 0.3 is 5.97 Å². The number of methoxy groups -OCH3 is 1. The van der Waals surface area contributed by atoms with Crippen LogP contribution in [0.3, 0.4) is 0 Å². The minimum Gasteiger partial charge on any atom is -0.495 e. The highest BCUT2D eigenvalue weighted by Gasteiger charge is 2.39. The predicted molar refractivity (Wildman–Crippen MR) is 86.2 cm³/mol. The molecule has 0 bridgehead atoms. The topological polar surface area (TPSA) is 72.9 Å². The Morgan fingerprint density at radius 2 is 2.13 bits per heavy atom. The van der Waals surface area contributed by atoms with Gasteiger partial charge in [0.1, 0.15) is 16.7 Å². The third-order valence-corrected chi connectivity index (χ3v) is 5.89. The first-order valence-corrected chi connectivity index (χ1v) is 9.25. The number of hydrogen-bond donors (Lipinski definition) is 0. The van der Waals surface area contributed by atoms with Crippen LogP contribution in [-0.2, 0) is 19.6 Å². The van der Waals surface area contributed by atoms with Gasteiger partial charge in [0.15, 0.2) is 0 Å². The molecule has 1 aromatic rings. The fraction of sp³-hybridized carbons (Fsp3) is 0.533. The average molecular weight is 362 g/mol. The number of esters is 1. The molecule has 1 unspecified atom stereocenters. The maximum absolute atomic E-state index is 13.0. The molecule has 0 N–H and O–H groups in total. The van der Waals surface area contributed by atoms with E-state index in [1.54, 1.807) is 13.0 Å². The van der Waals surface area contributed by atoms with E-state index in [1.165, 1.54) is 23.5 Å². The summed E-state index contributed by atoms with van der Waals surface area (Å²) >= 11 is 5.94. The van der Waals surface area contributed by atoms with Crippen LogP contribution in [0, 0.1) is 0 Å². The summed E-state index contributed by atoms with van der Waals surface area (Å²) in [6, 6.07) is 3.58. The lowest BCUT2D eigenvalue weighted by Crippen LogP contribution is -2.48. The minimum atomic E-state index is -3.92. The van der Waals surface area contributed by atoms with Crippen LogP contribution in [0.1, 0.15) is 26.2 Å². The van der Waals surface area contributed by atoms with Crippen molar-refractivity contribution in [2.24, 2.45) is 0 Å². The number of carbonyl (C=O) groups is 1. The quantitative estimate of drug-likeness (QED) is 0.753. The number of sulfonamides is 1. The van der Waals surface area contributed by atoms with Crippen LogP contribution < -0.4 is 4.74 Å². The van der Waals surface area contributed by atoms with Crippen LogP contribution >= 0.6 is 11.6 Å². The summed E-state index contributed by atoms with van der Waals surface area (Å²) in [4.78, 5) is 12.1. The van der Waals surface area contributed by atoms with Crippen molar-refractivity contribution < 1.29 is 22.7 Å². The fourth-order valence-electron chi connectivity index (χ4n) is 2.65. The zero-order chi connectivity index (χ0) is 17.0. The van der Waals surface area contributed by atoms with E-state index in [-0.39, 0.29) is 28.8 Å². The van der Waals surface area contributed by atoms with Gasteiger partial charge in [0.2, 0.25) is 10.0 Å². The van der Waals surface area contributed by atoms with Gasteiger partial charge in [0, 0.05) is 11.6 Å². The molecule has 2 rings (SSSR count). The summed E-state index contributed by atoms with van der Waals surface area (Å²) in [5.41, 5.74) is 0.